The second kappa shape index (κ2) is 5.83. The van der Waals surface area contributed by atoms with Gasteiger partial charge in [-0.2, -0.15) is 8.42 Å². The van der Waals surface area contributed by atoms with Crippen molar-refractivity contribution in [3.8, 4) is 0 Å². The lowest BCUT2D eigenvalue weighted by atomic mass is 9.99. The van der Waals surface area contributed by atoms with Crippen molar-refractivity contribution >= 4 is 33.2 Å². The molecule has 1 aromatic rings. The van der Waals surface area contributed by atoms with E-state index in [-0.39, 0.29) is 10.7 Å². The van der Waals surface area contributed by atoms with Crippen LogP contribution < -0.4 is 0 Å². The van der Waals surface area contributed by atoms with Gasteiger partial charge in [0.15, 0.2) is 5.78 Å². The van der Waals surface area contributed by atoms with Crippen LogP contribution in [0.3, 0.4) is 0 Å². The molecule has 0 heterocycles. The zero-order valence-electron chi connectivity index (χ0n) is 11.3. The smallest absolute Gasteiger partial charge is 0.290 e. The molecule has 0 bridgehead atoms. The second-order valence-corrected chi connectivity index (χ2v) is 6.44. The number of carbonyl (C=O) groups excluding carboxylic acids is 1. The molecule has 0 fully saturated rings. The number of hydrogen-bond acceptors (Lipinski definition) is 5. The van der Waals surface area contributed by atoms with E-state index >= 15 is 0 Å². The first kappa shape index (κ1) is 15.5. The van der Waals surface area contributed by atoms with Gasteiger partial charge in [0, 0.05) is 5.02 Å². The van der Waals surface area contributed by atoms with Crippen LogP contribution in [0.2, 0.25) is 5.02 Å². The van der Waals surface area contributed by atoms with Gasteiger partial charge in [-0.3, -0.25) is 9.08 Å². The van der Waals surface area contributed by atoms with Gasteiger partial charge in [0.2, 0.25) is 0 Å². The van der Waals surface area contributed by atoms with Crippen molar-refractivity contribution < 1.29 is 17.5 Å². The van der Waals surface area contributed by atoms with E-state index in [9.17, 15) is 13.2 Å². The number of nitrogens with zero attached hydrogens (tertiary/aromatic N) is 1. The Morgan fingerprint density at radius 3 is 2.29 bits per heavy atom. The molecule has 0 aromatic heterocycles. The molecule has 0 amide bonds. The van der Waals surface area contributed by atoms with E-state index in [1.807, 2.05) is 0 Å². The maximum Gasteiger partial charge on any atom is 0.358 e. The van der Waals surface area contributed by atoms with Gasteiger partial charge in [0.25, 0.3) is 0 Å². The molecule has 21 heavy (non-hydrogen) atoms. The Morgan fingerprint density at radius 2 is 1.67 bits per heavy atom. The molecule has 0 spiro atoms. The molecule has 2 rings (SSSR count). The summed E-state index contributed by atoms with van der Waals surface area (Å²) in [5.74, 6) is -0.132. The first-order valence-corrected chi connectivity index (χ1v) is 7.77. The van der Waals surface area contributed by atoms with Crippen LogP contribution in [0.5, 0.6) is 0 Å². The van der Waals surface area contributed by atoms with Crippen molar-refractivity contribution in [1.82, 2.24) is 0 Å². The number of benzene rings is 1. The van der Waals surface area contributed by atoms with Crippen LogP contribution in [0.1, 0.15) is 13.8 Å². The minimum Gasteiger partial charge on any atom is -0.290 e. The van der Waals surface area contributed by atoms with Gasteiger partial charge < -0.3 is 0 Å². The summed E-state index contributed by atoms with van der Waals surface area (Å²) >= 11 is 5.70. The Balaban J connectivity index is 2.26. The molecule has 7 heteroatoms. The topological polar surface area (TPSA) is 72.8 Å². The van der Waals surface area contributed by atoms with Gasteiger partial charge in [0.05, 0.1) is 0 Å². The second-order valence-electron chi connectivity index (χ2n) is 4.48. The first-order valence-electron chi connectivity index (χ1n) is 5.98. The predicted octanol–water partition coefficient (Wildman–Crippen LogP) is 2.88. The zero-order chi connectivity index (χ0) is 15.6. The maximum absolute atomic E-state index is 12.0. The maximum atomic E-state index is 12.0. The number of ketones is 1. The molecule has 0 N–H and O–H groups in total. The molecule has 0 atom stereocenters. The summed E-state index contributed by atoms with van der Waals surface area (Å²) in [4.78, 5) is 11.4. The Morgan fingerprint density at radius 1 is 1.05 bits per heavy atom. The fraction of sp³-hybridized carbons (Fsp3) is 0.143. The van der Waals surface area contributed by atoms with Crippen molar-refractivity contribution in [2.45, 2.75) is 18.7 Å². The molecule has 5 nitrogen and oxygen atoms in total. The van der Waals surface area contributed by atoms with E-state index in [1.54, 1.807) is 13.8 Å². The number of rotatable bonds is 3. The van der Waals surface area contributed by atoms with Crippen LogP contribution in [-0.2, 0) is 19.2 Å². The largest absolute Gasteiger partial charge is 0.358 e. The van der Waals surface area contributed by atoms with Gasteiger partial charge in [-0.1, -0.05) is 16.8 Å². The highest BCUT2D eigenvalue weighted by molar-refractivity contribution is 7.86. The number of allylic oxidation sites excluding steroid dienone is 4. The average molecular weight is 326 g/mol. The fourth-order valence-electron chi connectivity index (χ4n) is 1.61. The normalized spacial score (nSPS) is 17.5. The predicted molar refractivity (Wildman–Crippen MR) is 79.7 cm³/mol. The van der Waals surface area contributed by atoms with Gasteiger partial charge in [-0.25, -0.2) is 0 Å². The Bertz CT molecular complexity index is 774. The molecule has 0 saturated carbocycles. The molecule has 0 aliphatic heterocycles. The van der Waals surface area contributed by atoms with E-state index < -0.39 is 10.1 Å². The van der Waals surface area contributed by atoms with Gasteiger partial charge >= 0.3 is 10.1 Å². The van der Waals surface area contributed by atoms with Crippen molar-refractivity contribution in [2.24, 2.45) is 5.16 Å². The molecule has 1 aliphatic rings. The molecule has 0 saturated heterocycles. The van der Waals surface area contributed by atoms with E-state index in [2.05, 4.69) is 9.44 Å². The minimum absolute atomic E-state index is 0.0505. The summed E-state index contributed by atoms with van der Waals surface area (Å²) in [6.07, 6.45) is 2.86. The first-order chi connectivity index (χ1) is 9.79. The van der Waals surface area contributed by atoms with Crippen molar-refractivity contribution in [3.63, 3.8) is 0 Å². The fourth-order valence-corrected chi connectivity index (χ4v) is 2.47. The van der Waals surface area contributed by atoms with Gasteiger partial charge in [0.1, 0.15) is 10.6 Å². The lowest BCUT2D eigenvalue weighted by Gasteiger charge is -2.09. The van der Waals surface area contributed by atoms with E-state index in [4.69, 9.17) is 11.6 Å². The molecular formula is C14H12ClNO4S. The van der Waals surface area contributed by atoms with E-state index in [0.29, 0.717) is 21.9 Å². The van der Waals surface area contributed by atoms with Crippen LogP contribution in [0, 0.1) is 0 Å². The summed E-state index contributed by atoms with van der Waals surface area (Å²) < 4.78 is 28.6. The summed E-state index contributed by atoms with van der Waals surface area (Å²) in [5, 5.41) is 4.04. The number of oxime groups is 1. The summed E-state index contributed by atoms with van der Waals surface area (Å²) in [6.45, 7) is 3.27. The minimum atomic E-state index is -4.02. The highest BCUT2D eigenvalue weighted by Crippen LogP contribution is 2.18. The average Bonchev–Trinajstić information content (AvgIpc) is 2.42. The number of hydrogen-bond donors (Lipinski definition) is 0. The highest BCUT2D eigenvalue weighted by Gasteiger charge is 2.18. The van der Waals surface area contributed by atoms with Crippen LogP contribution in [0.4, 0.5) is 0 Å². The third-order valence-electron chi connectivity index (χ3n) is 2.83. The zero-order valence-corrected chi connectivity index (χ0v) is 12.9. The van der Waals surface area contributed by atoms with E-state index in [1.165, 1.54) is 36.4 Å². The van der Waals surface area contributed by atoms with Gasteiger partial charge in [-0.05, 0) is 61.4 Å². The molecule has 1 aliphatic carbocycles. The van der Waals surface area contributed by atoms with Crippen LogP contribution >= 0.6 is 11.6 Å². The molecular weight excluding hydrogens is 314 g/mol. The molecule has 110 valence electrons. The van der Waals surface area contributed by atoms with Crippen LogP contribution in [-0.4, -0.2) is 19.9 Å². The Labute approximate surface area is 127 Å². The van der Waals surface area contributed by atoms with Crippen LogP contribution in [0.15, 0.2) is 57.6 Å². The number of halogens is 1. The lowest BCUT2D eigenvalue weighted by molar-refractivity contribution is -0.111. The Hall–Kier alpha value is -1.92. The van der Waals surface area contributed by atoms with E-state index in [0.717, 1.165) is 0 Å². The van der Waals surface area contributed by atoms with Crippen LogP contribution in [0.25, 0.3) is 0 Å². The highest BCUT2D eigenvalue weighted by atomic mass is 35.5. The third kappa shape index (κ3) is 3.59. The standard InChI is InChI=1S/C14H12ClNO4S/c1-9-8-14(17)10(2)7-13(9)16-20-21(18,19)12-5-3-11(15)4-6-12/h3-8H,1-2H3/b16-13-. The molecule has 1 aromatic carbocycles. The summed E-state index contributed by atoms with van der Waals surface area (Å²) in [7, 11) is -4.02. The third-order valence-corrected chi connectivity index (χ3v) is 4.20. The van der Waals surface area contributed by atoms with Gasteiger partial charge in [-0.15, -0.1) is 0 Å². The molecule has 0 unspecified atom stereocenters. The molecule has 0 radical (unpaired) electrons. The van der Waals surface area contributed by atoms with Crippen molar-refractivity contribution in [2.75, 3.05) is 0 Å². The Kier molecular flexibility index (Phi) is 4.29. The number of carbonyl (C=O) groups is 1. The summed E-state index contributed by atoms with van der Waals surface area (Å²) in [5.41, 5.74) is 1.30. The SMILES string of the molecule is CC1=C/C(=N/OS(=O)(=O)c2ccc(Cl)cc2)C(C)=CC1=O. The quantitative estimate of drug-likeness (QED) is 0.632. The monoisotopic (exact) mass is 325 g/mol. The van der Waals surface area contributed by atoms with Crippen molar-refractivity contribution in [3.05, 3.63) is 52.6 Å². The van der Waals surface area contributed by atoms with Crippen molar-refractivity contribution in [1.29, 1.82) is 0 Å². The lowest BCUT2D eigenvalue weighted by Crippen LogP contribution is -2.12. The summed E-state index contributed by atoms with van der Waals surface area (Å²) in [6, 6.07) is 5.54.